The highest BCUT2D eigenvalue weighted by molar-refractivity contribution is 5.79. The summed E-state index contributed by atoms with van der Waals surface area (Å²) in [6, 6.07) is 6.11. The number of aryl methyl sites for hydroxylation is 2. The summed E-state index contributed by atoms with van der Waals surface area (Å²) in [5.74, 6) is 1.78. The highest BCUT2D eigenvalue weighted by Crippen LogP contribution is 2.16. The van der Waals surface area contributed by atoms with Crippen molar-refractivity contribution >= 4 is 5.96 Å². The van der Waals surface area contributed by atoms with Crippen molar-refractivity contribution in [2.45, 2.75) is 40.2 Å². The van der Waals surface area contributed by atoms with Crippen molar-refractivity contribution < 1.29 is 13.7 Å². The van der Waals surface area contributed by atoms with Crippen LogP contribution in [0.2, 0.25) is 0 Å². The number of hydrogen-bond acceptors (Lipinski definition) is 4. The lowest BCUT2D eigenvalue weighted by atomic mass is 10.1. The van der Waals surface area contributed by atoms with E-state index in [9.17, 15) is 4.39 Å². The zero-order valence-electron chi connectivity index (χ0n) is 15.6. The van der Waals surface area contributed by atoms with E-state index in [4.69, 9.17) is 9.26 Å². The molecule has 6 nitrogen and oxygen atoms in total. The van der Waals surface area contributed by atoms with E-state index < -0.39 is 0 Å². The standard InChI is InChI=1S/C19H27FN4O2/c1-4-17-16(18(5-2)26-24-17)13-23-19(21-6-3)22-10-11-25-15-9-7-8-14(20)12-15/h7-9,12H,4-6,10-11,13H2,1-3H3,(H2,21,22,23). The molecule has 0 radical (unpaired) electrons. The van der Waals surface area contributed by atoms with Crippen LogP contribution in [0, 0.1) is 5.82 Å². The van der Waals surface area contributed by atoms with Gasteiger partial charge in [-0.1, -0.05) is 25.1 Å². The predicted octanol–water partition coefficient (Wildman–Crippen LogP) is 3.07. The summed E-state index contributed by atoms with van der Waals surface area (Å²) in [5, 5.41) is 10.5. The van der Waals surface area contributed by atoms with Crippen LogP contribution < -0.4 is 15.4 Å². The van der Waals surface area contributed by atoms with Gasteiger partial charge in [-0.05, 0) is 25.5 Å². The van der Waals surface area contributed by atoms with E-state index in [1.165, 1.54) is 12.1 Å². The molecule has 2 aromatic rings. The highest BCUT2D eigenvalue weighted by Gasteiger charge is 2.13. The van der Waals surface area contributed by atoms with E-state index in [2.05, 4.69) is 27.7 Å². The molecule has 0 aliphatic carbocycles. The van der Waals surface area contributed by atoms with Crippen LogP contribution in [-0.4, -0.2) is 30.8 Å². The Morgan fingerprint density at radius 1 is 1.23 bits per heavy atom. The van der Waals surface area contributed by atoms with Crippen molar-refractivity contribution in [3.05, 3.63) is 47.1 Å². The molecule has 2 rings (SSSR count). The second kappa shape index (κ2) is 10.4. The van der Waals surface area contributed by atoms with Gasteiger partial charge in [-0.15, -0.1) is 0 Å². The number of nitrogens with zero attached hydrogens (tertiary/aromatic N) is 2. The topological polar surface area (TPSA) is 71.7 Å². The number of halogens is 1. The fourth-order valence-electron chi connectivity index (χ4n) is 2.51. The zero-order chi connectivity index (χ0) is 18.8. The predicted molar refractivity (Wildman–Crippen MR) is 100.0 cm³/mol. The number of ether oxygens (including phenoxy) is 1. The first-order chi connectivity index (χ1) is 12.7. The van der Waals surface area contributed by atoms with Crippen LogP contribution in [-0.2, 0) is 19.4 Å². The average molecular weight is 362 g/mol. The second-order valence-electron chi connectivity index (χ2n) is 5.67. The Hall–Kier alpha value is -2.57. The molecule has 0 saturated carbocycles. The summed E-state index contributed by atoms with van der Waals surface area (Å²) in [6.07, 6.45) is 1.61. The third-order valence-corrected chi connectivity index (χ3v) is 3.81. The molecular weight excluding hydrogens is 335 g/mol. The van der Waals surface area contributed by atoms with Crippen molar-refractivity contribution in [3.8, 4) is 5.75 Å². The maximum atomic E-state index is 13.1. The monoisotopic (exact) mass is 362 g/mol. The molecule has 0 saturated heterocycles. The van der Waals surface area contributed by atoms with E-state index in [1.807, 2.05) is 13.8 Å². The van der Waals surface area contributed by atoms with E-state index >= 15 is 0 Å². The molecule has 2 N–H and O–H groups in total. The number of aliphatic imine (C=N–C) groups is 1. The zero-order valence-corrected chi connectivity index (χ0v) is 15.6. The number of nitrogens with one attached hydrogen (secondary N) is 2. The Balaban J connectivity index is 1.89. The molecule has 0 fully saturated rings. The second-order valence-corrected chi connectivity index (χ2v) is 5.67. The molecule has 26 heavy (non-hydrogen) atoms. The lowest BCUT2D eigenvalue weighted by molar-refractivity contribution is 0.320. The quantitative estimate of drug-likeness (QED) is 0.407. The molecule has 0 aliphatic rings. The molecule has 1 heterocycles. The summed E-state index contributed by atoms with van der Waals surface area (Å²) >= 11 is 0. The molecule has 7 heteroatoms. The van der Waals surface area contributed by atoms with Crippen LogP contribution in [0.1, 0.15) is 37.8 Å². The average Bonchev–Trinajstić information content (AvgIpc) is 3.05. The molecule has 0 atom stereocenters. The maximum Gasteiger partial charge on any atom is 0.191 e. The van der Waals surface area contributed by atoms with Gasteiger partial charge in [0.25, 0.3) is 0 Å². The van der Waals surface area contributed by atoms with Crippen LogP contribution in [0.15, 0.2) is 33.8 Å². The first-order valence-corrected chi connectivity index (χ1v) is 9.04. The lowest BCUT2D eigenvalue weighted by Gasteiger charge is -2.12. The van der Waals surface area contributed by atoms with Gasteiger partial charge in [0.2, 0.25) is 0 Å². The highest BCUT2D eigenvalue weighted by atomic mass is 19.1. The number of rotatable bonds is 9. The Morgan fingerprint density at radius 3 is 2.77 bits per heavy atom. The SMILES string of the molecule is CCNC(=NCc1c(CC)noc1CC)NCCOc1cccc(F)c1. The fourth-order valence-corrected chi connectivity index (χ4v) is 2.51. The summed E-state index contributed by atoms with van der Waals surface area (Å²) in [4.78, 5) is 4.61. The summed E-state index contributed by atoms with van der Waals surface area (Å²) in [6.45, 7) is 8.32. The third-order valence-electron chi connectivity index (χ3n) is 3.81. The molecular formula is C19H27FN4O2. The van der Waals surface area contributed by atoms with Crippen LogP contribution >= 0.6 is 0 Å². The smallest absolute Gasteiger partial charge is 0.191 e. The number of hydrogen-bond donors (Lipinski definition) is 2. The van der Waals surface area contributed by atoms with E-state index in [-0.39, 0.29) is 5.82 Å². The van der Waals surface area contributed by atoms with Gasteiger partial charge in [-0.3, -0.25) is 0 Å². The molecule has 0 bridgehead atoms. The molecule has 1 aromatic heterocycles. The van der Waals surface area contributed by atoms with Gasteiger partial charge < -0.3 is 19.9 Å². The van der Waals surface area contributed by atoms with Crippen LogP contribution in [0.3, 0.4) is 0 Å². The number of benzene rings is 1. The van der Waals surface area contributed by atoms with Gasteiger partial charge in [0, 0.05) is 24.6 Å². The molecule has 142 valence electrons. The van der Waals surface area contributed by atoms with Crippen molar-refractivity contribution in [1.82, 2.24) is 15.8 Å². The molecule has 0 unspecified atom stereocenters. The number of guanidine groups is 1. The van der Waals surface area contributed by atoms with Gasteiger partial charge in [0.1, 0.15) is 23.9 Å². The fraction of sp³-hybridized carbons (Fsp3) is 0.474. The largest absolute Gasteiger partial charge is 0.492 e. The Morgan fingerprint density at radius 2 is 2.08 bits per heavy atom. The minimum Gasteiger partial charge on any atom is -0.492 e. The molecule has 0 spiro atoms. The van der Waals surface area contributed by atoms with Gasteiger partial charge in [0.05, 0.1) is 18.8 Å². The molecule has 0 amide bonds. The van der Waals surface area contributed by atoms with Gasteiger partial charge >= 0.3 is 0 Å². The summed E-state index contributed by atoms with van der Waals surface area (Å²) < 4.78 is 24.0. The lowest BCUT2D eigenvalue weighted by Crippen LogP contribution is -2.39. The Kier molecular flexibility index (Phi) is 7.92. The van der Waals surface area contributed by atoms with Crippen LogP contribution in [0.5, 0.6) is 5.75 Å². The summed E-state index contributed by atoms with van der Waals surface area (Å²) in [7, 11) is 0. The molecule has 1 aromatic carbocycles. The van der Waals surface area contributed by atoms with Gasteiger partial charge in [-0.2, -0.15) is 0 Å². The van der Waals surface area contributed by atoms with Crippen LogP contribution in [0.25, 0.3) is 0 Å². The minimum atomic E-state index is -0.308. The Labute approximate surface area is 153 Å². The van der Waals surface area contributed by atoms with E-state index in [0.717, 1.165) is 36.4 Å². The van der Waals surface area contributed by atoms with Crippen molar-refractivity contribution in [3.63, 3.8) is 0 Å². The summed E-state index contributed by atoms with van der Waals surface area (Å²) in [5.41, 5.74) is 2.01. The Bertz CT molecular complexity index is 694. The third kappa shape index (κ3) is 5.75. The van der Waals surface area contributed by atoms with Gasteiger partial charge in [-0.25, -0.2) is 9.38 Å². The molecule has 0 aliphatic heterocycles. The number of aromatic nitrogens is 1. The van der Waals surface area contributed by atoms with Crippen molar-refractivity contribution in [2.75, 3.05) is 19.7 Å². The maximum absolute atomic E-state index is 13.1. The van der Waals surface area contributed by atoms with Crippen LogP contribution in [0.4, 0.5) is 4.39 Å². The van der Waals surface area contributed by atoms with Crippen molar-refractivity contribution in [2.24, 2.45) is 4.99 Å². The van der Waals surface area contributed by atoms with Crippen molar-refractivity contribution in [1.29, 1.82) is 0 Å². The van der Waals surface area contributed by atoms with Gasteiger partial charge in [0.15, 0.2) is 5.96 Å². The first kappa shape index (κ1) is 19.8. The first-order valence-electron chi connectivity index (χ1n) is 9.04. The van der Waals surface area contributed by atoms with E-state index in [1.54, 1.807) is 12.1 Å². The minimum absolute atomic E-state index is 0.308. The normalized spacial score (nSPS) is 11.5. The van der Waals surface area contributed by atoms with E-state index in [0.29, 0.717) is 31.4 Å².